The zero-order chi connectivity index (χ0) is 13.3. The third-order valence-corrected chi connectivity index (χ3v) is 7.94. The quantitative estimate of drug-likeness (QED) is 0.833. The average molecular weight is 352 g/mol. The van der Waals surface area contributed by atoms with Crippen LogP contribution >= 0.6 is 27.3 Å². The molecule has 1 aromatic heterocycles. The van der Waals surface area contributed by atoms with Gasteiger partial charge in [-0.25, -0.2) is 8.42 Å². The van der Waals surface area contributed by atoms with Crippen LogP contribution in [0.5, 0.6) is 0 Å². The molecule has 0 aliphatic carbocycles. The molecule has 1 fully saturated rings. The van der Waals surface area contributed by atoms with E-state index in [0.29, 0.717) is 23.2 Å². The summed E-state index contributed by atoms with van der Waals surface area (Å²) in [5.74, 6) is 0.512. The Bertz CT molecular complexity index is 505. The zero-order valence-corrected chi connectivity index (χ0v) is 13.9. The van der Waals surface area contributed by atoms with E-state index in [1.165, 1.54) is 11.3 Å². The number of thiophene rings is 1. The number of aryl methyl sites for hydroxylation is 1. The van der Waals surface area contributed by atoms with E-state index in [1.807, 2.05) is 6.92 Å². The van der Waals surface area contributed by atoms with Crippen LogP contribution in [-0.2, 0) is 10.0 Å². The minimum atomic E-state index is -3.28. The second-order valence-electron chi connectivity index (χ2n) is 4.80. The molecule has 0 amide bonds. The van der Waals surface area contributed by atoms with E-state index < -0.39 is 10.0 Å². The minimum absolute atomic E-state index is 0.462. The molecule has 0 N–H and O–H groups in total. The lowest BCUT2D eigenvalue weighted by Gasteiger charge is -2.30. The molecular formula is C12H18BrNO2S2. The van der Waals surface area contributed by atoms with Crippen molar-refractivity contribution in [1.29, 1.82) is 0 Å². The molecule has 1 unspecified atom stereocenters. The fraction of sp³-hybridized carbons (Fsp3) is 0.667. The highest BCUT2D eigenvalue weighted by atomic mass is 79.9. The zero-order valence-electron chi connectivity index (χ0n) is 10.6. The highest BCUT2D eigenvalue weighted by molar-refractivity contribution is 9.11. The van der Waals surface area contributed by atoms with Crippen molar-refractivity contribution in [2.75, 3.05) is 13.1 Å². The van der Waals surface area contributed by atoms with Crippen LogP contribution in [0.15, 0.2) is 14.1 Å². The second-order valence-corrected chi connectivity index (χ2v) is 9.34. The molecule has 2 heterocycles. The van der Waals surface area contributed by atoms with Crippen LogP contribution in [0.4, 0.5) is 0 Å². The van der Waals surface area contributed by atoms with Gasteiger partial charge in [0.15, 0.2) is 0 Å². The first-order chi connectivity index (χ1) is 8.45. The molecule has 1 aliphatic heterocycles. The molecule has 0 aromatic carbocycles. The predicted octanol–water partition coefficient (Wildman–Crippen LogP) is 3.63. The maximum absolute atomic E-state index is 12.5. The smallest absolute Gasteiger partial charge is 0.206 e. The van der Waals surface area contributed by atoms with E-state index in [0.717, 1.165) is 28.6 Å². The minimum Gasteiger partial charge on any atom is -0.206 e. The van der Waals surface area contributed by atoms with E-state index in [9.17, 15) is 8.42 Å². The molecule has 0 saturated carbocycles. The molecule has 18 heavy (non-hydrogen) atoms. The summed E-state index contributed by atoms with van der Waals surface area (Å²) in [6.07, 6.45) is 3.18. The Morgan fingerprint density at radius 1 is 1.56 bits per heavy atom. The van der Waals surface area contributed by atoms with Gasteiger partial charge in [-0.3, -0.25) is 0 Å². The first kappa shape index (κ1) is 14.5. The van der Waals surface area contributed by atoms with Crippen LogP contribution in [0, 0.1) is 12.8 Å². The van der Waals surface area contributed by atoms with Gasteiger partial charge in [-0.15, -0.1) is 11.3 Å². The summed E-state index contributed by atoms with van der Waals surface area (Å²) in [4.78, 5) is 0. The Labute approximate surface area is 121 Å². The maximum Gasteiger partial charge on any atom is 0.252 e. The lowest BCUT2D eigenvalue weighted by atomic mass is 9.97. The molecule has 0 spiro atoms. The van der Waals surface area contributed by atoms with Crippen molar-refractivity contribution in [2.45, 2.75) is 37.3 Å². The molecule has 1 atom stereocenters. The molecule has 1 saturated heterocycles. The van der Waals surface area contributed by atoms with Crippen molar-refractivity contribution in [3.05, 3.63) is 15.4 Å². The summed E-state index contributed by atoms with van der Waals surface area (Å²) in [6.45, 7) is 5.39. The molecule has 3 nitrogen and oxygen atoms in total. The van der Waals surface area contributed by atoms with Crippen molar-refractivity contribution >= 4 is 37.3 Å². The largest absolute Gasteiger partial charge is 0.252 e. The van der Waals surface area contributed by atoms with Crippen LogP contribution < -0.4 is 0 Å². The lowest BCUT2D eigenvalue weighted by molar-refractivity contribution is 0.262. The van der Waals surface area contributed by atoms with Gasteiger partial charge in [0, 0.05) is 13.1 Å². The number of hydrogen-bond donors (Lipinski definition) is 0. The molecule has 102 valence electrons. The van der Waals surface area contributed by atoms with Gasteiger partial charge in [0.25, 0.3) is 10.0 Å². The first-order valence-corrected chi connectivity index (χ1v) is 9.26. The first-order valence-electron chi connectivity index (χ1n) is 6.21. The van der Waals surface area contributed by atoms with Crippen LogP contribution in [0.1, 0.15) is 31.7 Å². The Morgan fingerprint density at radius 2 is 2.28 bits per heavy atom. The maximum atomic E-state index is 12.5. The SMILES string of the molecule is CCC1CCCN(S(=O)(=O)c2cc(C)c(Br)s2)C1. The van der Waals surface area contributed by atoms with Crippen LogP contribution in [0.25, 0.3) is 0 Å². The van der Waals surface area contributed by atoms with Crippen LogP contribution in [0.2, 0.25) is 0 Å². The van der Waals surface area contributed by atoms with Gasteiger partial charge in [-0.05, 0) is 53.2 Å². The van der Waals surface area contributed by atoms with Gasteiger partial charge in [0.2, 0.25) is 0 Å². The Kier molecular flexibility index (Phi) is 4.52. The number of sulfonamides is 1. The summed E-state index contributed by atoms with van der Waals surface area (Å²) in [5.41, 5.74) is 0.989. The molecule has 1 aromatic rings. The molecule has 1 aliphatic rings. The molecule has 2 rings (SSSR count). The van der Waals surface area contributed by atoms with Gasteiger partial charge in [0.1, 0.15) is 4.21 Å². The topological polar surface area (TPSA) is 37.4 Å². The van der Waals surface area contributed by atoms with E-state index >= 15 is 0 Å². The highest BCUT2D eigenvalue weighted by Crippen LogP contribution is 2.34. The van der Waals surface area contributed by atoms with E-state index in [4.69, 9.17) is 0 Å². The van der Waals surface area contributed by atoms with Crippen LogP contribution in [-0.4, -0.2) is 25.8 Å². The number of halogens is 1. The number of hydrogen-bond acceptors (Lipinski definition) is 3. The van der Waals surface area contributed by atoms with E-state index in [1.54, 1.807) is 10.4 Å². The lowest BCUT2D eigenvalue weighted by Crippen LogP contribution is -2.39. The number of rotatable bonds is 3. The third kappa shape index (κ3) is 2.81. The number of nitrogens with zero attached hydrogens (tertiary/aromatic N) is 1. The fourth-order valence-electron chi connectivity index (χ4n) is 2.26. The van der Waals surface area contributed by atoms with Crippen LogP contribution in [0.3, 0.4) is 0 Å². The third-order valence-electron chi connectivity index (χ3n) is 3.49. The number of piperidine rings is 1. The predicted molar refractivity (Wildman–Crippen MR) is 78.5 cm³/mol. The van der Waals surface area contributed by atoms with Crippen molar-refractivity contribution in [3.63, 3.8) is 0 Å². The van der Waals surface area contributed by atoms with Crippen molar-refractivity contribution in [3.8, 4) is 0 Å². The van der Waals surface area contributed by atoms with Crippen molar-refractivity contribution in [2.24, 2.45) is 5.92 Å². The molecule has 0 bridgehead atoms. The average Bonchev–Trinajstić information content (AvgIpc) is 2.70. The summed E-state index contributed by atoms with van der Waals surface area (Å²) in [7, 11) is -3.28. The molecule has 0 radical (unpaired) electrons. The summed E-state index contributed by atoms with van der Waals surface area (Å²) < 4.78 is 28.1. The van der Waals surface area contributed by atoms with Crippen molar-refractivity contribution in [1.82, 2.24) is 4.31 Å². The summed E-state index contributed by atoms with van der Waals surface area (Å²) >= 11 is 4.70. The Balaban J connectivity index is 2.25. The normalized spacial score (nSPS) is 22.3. The van der Waals surface area contributed by atoms with Gasteiger partial charge in [-0.2, -0.15) is 4.31 Å². The van der Waals surface area contributed by atoms with E-state index in [-0.39, 0.29) is 0 Å². The van der Waals surface area contributed by atoms with E-state index in [2.05, 4.69) is 22.9 Å². The monoisotopic (exact) mass is 351 g/mol. The summed E-state index contributed by atoms with van der Waals surface area (Å²) in [5, 5.41) is 0. The van der Waals surface area contributed by atoms with Gasteiger partial charge < -0.3 is 0 Å². The Hall–Kier alpha value is 0.0900. The van der Waals surface area contributed by atoms with Gasteiger partial charge in [-0.1, -0.05) is 13.3 Å². The van der Waals surface area contributed by atoms with Gasteiger partial charge in [0.05, 0.1) is 3.79 Å². The van der Waals surface area contributed by atoms with Gasteiger partial charge >= 0.3 is 0 Å². The molecule has 6 heteroatoms. The molecular weight excluding hydrogens is 334 g/mol. The van der Waals surface area contributed by atoms with Crippen molar-refractivity contribution < 1.29 is 8.42 Å². The standard InChI is InChI=1S/C12H18BrNO2S2/c1-3-10-5-4-6-14(8-10)18(15,16)11-7-9(2)12(13)17-11/h7,10H,3-6,8H2,1-2H3. The fourth-order valence-corrected chi connectivity index (χ4v) is 6.20. The summed E-state index contributed by atoms with van der Waals surface area (Å²) in [6, 6.07) is 1.76. The second kappa shape index (κ2) is 5.61. The highest BCUT2D eigenvalue weighted by Gasteiger charge is 2.30. The Morgan fingerprint density at radius 3 is 2.83 bits per heavy atom.